The molecule has 184 valence electrons. The molecule has 0 spiro atoms. The number of rotatable bonds is 12. The van der Waals surface area contributed by atoms with E-state index in [2.05, 4.69) is 5.32 Å². The number of hydrogen-bond acceptors (Lipinski definition) is 4. The van der Waals surface area contributed by atoms with Crippen LogP contribution < -0.4 is 14.8 Å². The second-order valence-electron chi connectivity index (χ2n) is 8.69. The summed E-state index contributed by atoms with van der Waals surface area (Å²) in [6.07, 6.45) is 0.320. The molecule has 0 aromatic heterocycles. The van der Waals surface area contributed by atoms with Gasteiger partial charge in [0.1, 0.15) is 6.61 Å². The summed E-state index contributed by atoms with van der Waals surface area (Å²) in [5, 5.41) is 2.93. The van der Waals surface area contributed by atoms with Gasteiger partial charge in [-0.05, 0) is 28.8 Å². The van der Waals surface area contributed by atoms with Crippen molar-refractivity contribution >= 4 is 11.8 Å². The quantitative estimate of drug-likeness (QED) is 0.416. The molecule has 0 fully saturated rings. The Morgan fingerprint density at radius 1 is 0.857 bits per heavy atom. The SMILES string of the molecule is COc1cc(CN(CCNC(=O)Cc2ccccc2)C(=O)C(C)C)ccc1OCc1ccccc1. The van der Waals surface area contributed by atoms with E-state index in [4.69, 9.17) is 9.47 Å². The maximum Gasteiger partial charge on any atom is 0.225 e. The number of nitrogens with one attached hydrogen (secondary N) is 1. The normalized spacial score (nSPS) is 10.6. The van der Waals surface area contributed by atoms with Gasteiger partial charge < -0.3 is 19.7 Å². The largest absolute Gasteiger partial charge is 0.493 e. The fourth-order valence-electron chi connectivity index (χ4n) is 3.69. The summed E-state index contributed by atoms with van der Waals surface area (Å²) in [7, 11) is 1.60. The molecule has 3 aromatic rings. The molecule has 0 bridgehead atoms. The van der Waals surface area contributed by atoms with Crippen LogP contribution >= 0.6 is 0 Å². The highest BCUT2D eigenvalue weighted by molar-refractivity contribution is 5.79. The number of benzene rings is 3. The van der Waals surface area contributed by atoms with Crippen molar-refractivity contribution in [2.45, 2.75) is 33.4 Å². The van der Waals surface area contributed by atoms with Crippen LogP contribution in [-0.2, 0) is 29.2 Å². The Balaban J connectivity index is 1.60. The van der Waals surface area contributed by atoms with Crippen LogP contribution in [0.2, 0.25) is 0 Å². The summed E-state index contributed by atoms with van der Waals surface area (Å²) >= 11 is 0. The molecule has 0 radical (unpaired) electrons. The summed E-state index contributed by atoms with van der Waals surface area (Å²) in [5.74, 6) is 1.09. The van der Waals surface area contributed by atoms with Crippen LogP contribution in [0.3, 0.4) is 0 Å². The van der Waals surface area contributed by atoms with Gasteiger partial charge in [-0.25, -0.2) is 0 Å². The maximum atomic E-state index is 12.9. The molecule has 1 N–H and O–H groups in total. The van der Waals surface area contributed by atoms with E-state index in [0.717, 1.165) is 16.7 Å². The Morgan fingerprint density at radius 2 is 1.51 bits per heavy atom. The first-order valence-corrected chi connectivity index (χ1v) is 11.9. The molecule has 6 nitrogen and oxygen atoms in total. The minimum Gasteiger partial charge on any atom is -0.493 e. The van der Waals surface area contributed by atoms with Crippen molar-refractivity contribution in [3.63, 3.8) is 0 Å². The number of ether oxygens (including phenoxy) is 2. The van der Waals surface area contributed by atoms with Crippen LogP contribution in [-0.4, -0.2) is 36.9 Å². The lowest BCUT2D eigenvalue weighted by molar-refractivity contribution is -0.135. The Kier molecular flexibility index (Phi) is 9.72. The van der Waals surface area contributed by atoms with Gasteiger partial charge in [0.15, 0.2) is 11.5 Å². The van der Waals surface area contributed by atoms with Gasteiger partial charge in [0.25, 0.3) is 0 Å². The van der Waals surface area contributed by atoms with Crippen molar-refractivity contribution in [2.75, 3.05) is 20.2 Å². The van der Waals surface area contributed by atoms with E-state index < -0.39 is 0 Å². The summed E-state index contributed by atoms with van der Waals surface area (Å²) in [5.41, 5.74) is 2.96. The van der Waals surface area contributed by atoms with Crippen molar-refractivity contribution in [3.05, 3.63) is 95.6 Å². The Labute approximate surface area is 207 Å². The first-order chi connectivity index (χ1) is 17.0. The first kappa shape index (κ1) is 25.8. The number of carbonyl (C=O) groups excluding carboxylic acids is 2. The first-order valence-electron chi connectivity index (χ1n) is 11.9. The molecular formula is C29H34N2O4. The Bertz CT molecular complexity index is 1080. The molecule has 0 unspecified atom stereocenters. The highest BCUT2D eigenvalue weighted by atomic mass is 16.5. The summed E-state index contributed by atoms with van der Waals surface area (Å²) < 4.78 is 11.5. The third-order valence-electron chi connectivity index (χ3n) is 5.56. The van der Waals surface area contributed by atoms with E-state index in [0.29, 0.717) is 44.2 Å². The van der Waals surface area contributed by atoms with E-state index >= 15 is 0 Å². The monoisotopic (exact) mass is 474 g/mol. The minimum atomic E-state index is -0.148. The molecule has 0 aliphatic carbocycles. The van der Waals surface area contributed by atoms with Crippen molar-refractivity contribution in [2.24, 2.45) is 5.92 Å². The average molecular weight is 475 g/mol. The van der Waals surface area contributed by atoms with Gasteiger partial charge >= 0.3 is 0 Å². The molecule has 0 atom stereocenters. The fraction of sp³-hybridized carbons (Fsp3) is 0.310. The van der Waals surface area contributed by atoms with Crippen LogP contribution in [0.1, 0.15) is 30.5 Å². The van der Waals surface area contributed by atoms with E-state index in [1.807, 2.05) is 92.7 Å². The molecule has 3 rings (SSSR count). The van der Waals surface area contributed by atoms with Crippen molar-refractivity contribution in [1.82, 2.24) is 10.2 Å². The molecule has 3 aromatic carbocycles. The van der Waals surface area contributed by atoms with Gasteiger partial charge in [0.05, 0.1) is 13.5 Å². The summed E-state index contributed by atoms with van der Waals surface area (Å²) in [4.78, 5) is 26.9. The highest BCUT2D eigenvalue weighted by Crippen LogP contribution is 2.29. The summed E-state index contributed by atoms with van der Waals surface area (Å²) in [6.45, 7) is 5.43. The molecule has 0 heterocycles. The van der Waals surface area contributed by atoms with Crippen LogP contribution in [0, 0.1) is 5.92 Å². The molecule has 0 saturated carbocycles. The summed E-state index contributed by atoms with van der Waals surface area (Å²) in [6, 6.07) is 25.3. The van der Waals surface area contributed by atoms with Crippen molar-refractivity contribution in [1.29, 1.82) is 0 Å². The zero-order valence-electron chi connectivity index (χ0n) is 20.7. The average Bonchev–Trinajstić information content (AvgIpc) is 2.87. The van der Waals surface area contributed by atoms with Gasteiger partial charge in [-0.3, -0.25) is 9.59 Å². The van der Waals surface area contributed by atoms with Gasteiger partial charge in [-0.1, -0.05) is 80.6 Å². The van der Waals surface area contributed by atoms with Crippen LogP contribution in [0.4, 0.5) is 0 Å². The third-order valence-corrected chi connectivity index (χ3v) is 5.56. The number of hydrogen-bond donors (Lipinski definition) is 1. The predicted molar refractivity (Wildman–Crippen MR) is 137 cm³/mol. The van der Waals surface area contributed by atoms with Crippen LogP contribution in [0.15, 0.2) is 78.9 Å². The standard InChI is InChI=1S/C29H34N2O4/c1-22(2)29(33)31(17-16-30-28(32)19-23-10-6-4-7-11-23)20-25-14-15-26(27(18-25)34-3)35-21-24-12-8-5-9-13-24/h4-15,18,22H,16-17,19-21H2,1-3H3,(H,30,32). The Hall–Kier alpha value is -3.80. The van der Waals surface area contributed by atoms with E-state index in [1.165, 1.54) is 0 Å². The predicted octanol–water partition coefficient (Wildman–Crippen LogP) is 4.62. The molecule has 0 saturated heterocycles. The Morgan fingerprint density at radius 3 is 2.14 bits per heavy atom. The molecule has 0 aliphatic heterocycles. The van der Waals surface area contributed by atoms with Gasteiger partial charge in [-0.15, -0.1) is 0 Å². The number of carbonyl (C=O) groups is 2. The number of nitrogens with zero attached hydrogens (tertiary/aromatic N) is 1. The third kappa shape index (κ3) is 8.18. The fourth-order valence-corrected chi connectivity index (χ4v) is 3.69. The molecule has 2 amide bonds. The highest BCUT2D eigenvalue weighted by Gasteiger charge is 2.18. The van der Waals surface area contributed by atoms with Gasteiger partial charge in [0, 0.05) is 25.6 Å². The van der Waals surface area contributed by atoms with E-state index in [-0.39, 0.29) is 17.7 Å². The lowest BCUT2D eigenvalue weighted by atomic mass is 10.1. The zero-order valence-corrected chi connectivity index (χ0v) is 20.7. The molecule has 35 heavy (non-hydrogen) atoms. The number of amides is 2. The molecule has 6 heteroatoms. The minimum absolute atomic E-state index is 0.0330. The second-order valence-corrected chi connectivity index (χ2v) is 8.69. The smallest absolute Gasteiger partial charge is 0.225 e. The second kappa shape index (κ2) is 13.2. The van der Waals surface area contributed by atoms with Gasteiger partial charge in [-0.2, -0.15) is 0 Å². The maximum absolute atomic E-state index is 12.9. The lowest BCUT2D eigenvalue weighted by Crippen LogP contribution is -2.40. The van der Waals surface area contributed by atoms with Crippen molar-refractivity contribution < 1.29 is 19.1 Å². The van der Waals surface area contributed by atoms with Crippen LogP contribution in [0.5, 0.6) is 11.5 Å². The van der Waals surface area contributed by atoms with E-state index in [1.54, 1.807) is 12.0 Å². The molecule has 0 aliphatic rings. The topological polar surface area (TPSA) is 67.9 Å². The van der Waals surface area contributed by atoms with Crippen LogP contribution in [0.25, 0.3) is 0 Å². The zero-order chi connectivity index (χ0) is 25.0. The van der Waals surface area contributed by atoms with E-state index in [9.17, 15) is 9.59 Å². The molecular weight excluding hydrogens is 440 g/mol. The van der Waals surface area contributed by atoms with Gasteiger partial charge in [0.2, 0.25) is 11.8 Å². The van der Waals surface area contributed by atoms with Crippen molar-refractivity contribution in [3.8, 4) is 11.5 Å². The number of methoxy groups -OCH3 is 1. The lowest BCUT2D eigenvalue weighted by Gasteiger charge is -2.25.